The van der Waals surface area contributed by atoms with Crippen LogP contribution in [0.15, 0.2) is 23.1 Å². The van der Waals surface area contributed by atoms with Crippen molar-refractivity contribution in [3.63, 3.8) is 0 Å². The second kappa shape index (κ2) is 5.58. The Morgan fingerprint density at radius 3 is 2.89 bits per heavy atom. The highest BCUT2D eigenvalue weighted by Crippen LogP contribution is 2.21. The molecule has 1 saturated heterocycles. The zero-order chi connectivity index (χ0) is 13.1. The summed E-state index contributed by atoms with van der Waals surface area (Å²) < 4.78 is 12.1. The zero-order valence-electron chi connectivity index (χ0n) is 9.69. The molecule has 0 aliphatic carbocycles. The van der Waals surface area contributed by atoms with E-state index in [4.69, 9.17) is 17.3 Å². The number of anilines is 1. The van der Waals surface area contributed by atoms with Crippen LogP contribution in [0.5, 0.6) is 0 Å². The number of carbonyl (C=O) groups is 1. The Labute approximate surface area is 113 Å². The molecule has 2 amide bonds. The Kier molecular flexibility index (Phi) is 4.08. The maximum absolute atomic E-state index is 12.1. The fraction of sp³-hybridized carbons (Fsp3) is 0.364. The molecule has 1 aromatic rings. The number of halogens is 1. The van der Waals surface area contributed by atoms with Gasteiger partial charge < -0.3 is 16.0 Å². The maximum atomic E-state index is 12.1. The van der Waals surface area contributed by atoms with Crippen molar-refractivity contribution in [3.8, 4) is 0 Å². The number of nitrogen functional groups attached to an aromatic ring is 1. The van der Waals surface area contributed by atoms with E-state index in [0.717, 1.165) is 0 Å². The van der Waals surface area contributed by atoms with Crippen LogP contribution < -0.4 is 11.1 Å². The number of urea groups is 1. The highest BCUT2D eigenvalue weighted by molar-refractivity contribution is 7.85. The maximum Gasteiger partial charge on any atom is 0.317 e. The lowest BCUT2D eigenvalue weighted by atomic mass is 10.3. The van der Waals surface area contributed by atoms with Gasteiger partial charge in [-0.25, -0.2) is 4.79 Å². The molecule has 1 heterocycles. The molecule has 0 bridgehead atoms. The van der Waals surface area contributed by atoms with Crippen LogP contribution in [0.1, 0.15) is 0 Å². The minimum absolute atomic E-state index is 0.101. The first kappa shape index (κ1) is 13.2. The van der Waals surface area contributed by atoms with Crippen molar-refractivity contribution in [1.82, 2.24) is 10.2 Å². The Morgan fingerprint density at radius 2 is 2.28 bits per heavy atom. The number of nitrogens with two attached hydrogens (primary N) is 1. The molecule has 3 N–H and O–H groups in total. The normalized spacial score (nSPS) is 16.7. The highest BCUT2D eigenvalue weighted by atomic mass is 35.5. The van der Waals surface area contributed by atoms with Gasteiger partial charge in [0, 0.05) is 36.1 Å². The first-order chi connectivity index (χ1) is 8.58. The fourth-order valence-corrected chi connectivity index (χ4v) is 3.08. The largest absolute Gasteiger partial charge is 0.398 e. The van der Waals surface area contributed by atoms with Crippen molar-refractivity contribution < 1.29 is 9.00 Å². The average Bonchev–Trinajstić information content (AvgIpc) is 2.72. The Bertz CT molecular complexity index is 495. The predicted octanol–water partition coefficient (Wildman–Crippen LogP) is 1.06. The van der Waals surface area contributed by atoms with E-state index in [0.29, 0.717) is 41.0 Å². The van der Waals surface area contributed by atoms with Crippen LogP contribution in [0.4, 0.5) is 10.5 Å². The molecule has 1 atom stereocenters. The van der Waals surface area contributed by atoms with Crippen LogP contribution in [0, 0.1) is 0 Å². The molecule has 18 heavy (non-hydrogen) atoms. The number of nitrogens with zero attached hydrogens (tertiary/aromatic N) is 1. The molecule has 1 unspecified atom stereocenters. The number of amides is 2. The molecule has 0 saturated carbocycles. The van der Waals surface area contributed by atoms with E-state index in [2.05, 4.69) is 5.32 Å². The van der Waals surface area contributed by atoms with Crippen LogP contribution >= 0.6 is 11.6 Å². The van der Waals surface area contributed by atoms with Gasteiger partial charge in [0.2, 0.25) is 0 Å². The first-order valence-electron chi connectivity index (χ1n) is 5.54. The van der Waals surface area contributed by atoms with Crippen LogP contribution in [0.3, 0.4) is 0 Å². The molecule has 5 nitrogen and oxygen atoms in total. The monoisotopic (exact) mass is 287 g/mol. The van der Waals surface area contributed by atoms with E-state index in [9.17, 15) is 9.00 Å². The van der Waals surface area contributed by atoms with Gasteiger partial charge >= 0.3 is 6.03 Å². The summed E-state index contributed by atoms with van der Waals surface area (Å²) in [6.45, 7) is 1.77. The number of hydrogen-bond acceptors (Lipinski definition) is 3. The minimum Gasteiger partial charge on any atom is -0.398 e. The van der Waals surface area contributed by atoms with Crippen LogP contribution in [0.25, 0.3) is 0 Å². The van der Waals surface area contributed by atoms with Gasteiger partial charge in [0.1, 0.15) is 0 Å². The predicted molar refractivity (Wildman–Crippen MR) is 72.1 cm³/mol. The highest BCUT2D eigenvalue weighted by Gasteiger charge is 2.20. The van der Waals surface area contributed by atoms with Gasteiger partial charge in [-0.2, -0.15) is 0 Å². The summed E-state index contributed by atoms with van der Waals surface area (Å²) in [5.41, 5.74) is 6.19. The quantitative estimate of drug-likeness (QED) is 0.813. The summed E-state index contributed by atoms with van der Waals surface area (Å²) in [6.07, 6.45) is 0. The summed E-state index contributed by atoms with van der Waals surface area (Å²) >= 11 is 5.78. The van der Waals surface area contributed by atoms with E-state index >= 15 is 0 Å². The molecule has 7 heteroatoms. The van der Waals surface area contributed by atoms with E-state index in [1.165, 1.54) is 0 Å². The van der Waals surface area contributed by atoms with E-state index in [1.54, 1.807) is 23.1 Å². The molecule has 1 aromatic carbocycles. The second-order valence-corrected chi connectivity index (χ2v) is 5.93. The van der Waals surface area contributed by atoms with Crippen molar-refractivity contribution in [3.05, 3.63) is 23.2 Å². The number of carbonyl (C=O) groups excluding carboxylic acids is 1. The summed E-state index contributed by atoms with van der Waals surface area (Å²) in [6, 6.07) is 4.80. The van der Waals surface area contributed by atoms with E-state index < -0.39 is 10.8 Å². The minimum atomic E-state index is -1.22. The fourth-order valence-electron chi connectivity index (χ4n) is 1.75. The van der Waals surface area contributed by atoms with Crippen LogP contribution in [0.2, 0.25) is 5.02 Å². The van der Waals surface area contributed by atoms with E-state index in [1.807, 2.05) is 0 Å². The molecule has 1 aliphatic rings. The Hall–Kier alpha value is -1.27. The lowest BCUT2D eigenvalue weighted by Gasteiger charge is -2.14. The third-order valence-corrected chi connectivity index (χ3v) is 4.36. The molecule has 1 fully saturated rings. The number of benzene rings is 1. The molecule has 98 valence electrons. The molecule has 0 radical (unpaired) electrons. The summed E-state index contributed by atoms with van der Waals surface area (Å²) in [5.74, 6) is 0.374. The molecular weight excluding hydrogens is 274 g/mol. The van der Waals surface area contributed by atoms with Crippen molar-refractivity contribution in [2.75, 3.05) is 31.1 Å². The van der Waals surface area contributed by atoms with Crippen molar-refractivity contribution in [1.29, 1.82) is 0 Å². The first-order valence-corrected chi connectivity index (χ1v) is 7.24. The molecule has 2 rings (SSSR count). The number of hydrogen-bond donors (Lipinski definition) is 2. The van der Waals surface area contributed by atoms with Crippen LogP contribution in [-0.4, -0.2) is 40.5 Å². The van der Waals surface area contributed by atoms with Gasteiger partial charge in [0.15, 0.2) is 0 Å². The standard InChI is InChI=1S/C11H14ClN3O2S/c12-8-1-2-10(9(13)7-8)18(17)6-5-15-4-3-14-11(15)16/h1-2,7H,3-6,13H2,(H,14,16). The van der Waals surface area contributed by atoms with Crippen molar-refractivity contribution >= 4 is 34.1 Å². The van der Waals surface area contributed by atoms with Crippen LogP contribution in [-0.2, 0) is 10.8 Å². The summed E-state index contributed by atoms with van der Waals surface area (Å²) in [4.78, 5) is 13.5. The van der Waals surface area contributed by atoms with Gasteiger partial charge in [-0.3, -0.25) is 4.21 Å². The summed E-state index contributed by atoms with van der Waals surface area (Å²) in [5, 5.41) is 3.22. The van der Waals surface area contributed by atoms with Gasteiger partial charge in [-0.15, -0.1) is 0 Å². The molecule has 0 spiro atoms. The Balaban J connectivity index is 1.97. The lowest BCUT2D eigenvalue weighted by Crippen LogP contribution is -2.31. The van der Waals surface area contributed by atoms with Gasteiger partial charge in [-0.05, 0) is 18.2 Å². The van der Waals surface area contributed by atoms with Crippen molar-refractivity contribution in [2.45, 2.75) is 4.90 Å². The zero-order valence-corrected chi connectivity index (χ0v) is 11.3. The SMILES string of the molecule is Nc1cc(Cl)ccc1S(=O)CCN1CCNC1=O. The average molecular weight is 288 g/mol. The van der Waals surface area contributed by atoms with E-state index in [-0.39, 0.29) is 6.03 Å². The summed E-state index contributed by atoms with van der Waals surface area (Å²) in [7, 11) is -1.22. The Morgan fingerprint density at radius 1 is 1.50 bits per heavy atom. The molecule has 1 aliphatic heterocycles. The smallest absolute Gasteiger partial charge is 0.317 e. The molecular formula is C11H14ClN3O2S. The lowest BCUT2D eigenvalue weighted by molar-refractivity contribution is 0.220. The van der Waals surface area contributed by atoms with Gasteiger partial charge in [0.25, 0.3) is 0 Å². The van der Waals surface area contributed by atoms with Gasteiger partial charge in [-0.1, -0.05) is 11.6 Å². The number of rotatable bonds is 4. The number of nitrogens with one attached hydrogen (secondary N) is 1. The topological polar surface area (TPSA) is 75.4 Å². The third kappa shape index (κ3) is 2.94. The molecule has 0 aromatic heterocycles. The van der Waals surface area contributed by atoms with Gasteiger partial charge in [0.05, 0.1) is 15.7 Å². The second-order valence-electron chi connectivity index (χ2n) is 3.95. The third-order valence-electron chi connectivity index (χ3n) is 2.71. The van der Waals surface area contributed by atoms with Crippen molar-refractivity contribution in [2.24, 2.45) is 0 Å².